The maximum atomic E-state index is 13.9. The van der Waals surface area contributed by atoms with E-state index < -0.39 is 21.4 Å². The summed E-state index contributed by atoms with van der Waals surface area (Å²) in [6, 6.07) is 7.13. The van der Waals surface area contributed by atoms with Gasteiger partial charge in [0.25, 0.3) is 0 Å². The van der Waals surface area contributed by atoms with Crippen LogP contribution < -0.4 is 9.46 Å². The molecule has 1 fully saturated rings. The summed E-state index contributed by atoms with van der Waals surface area (Å²) in [5.74, 6) is -0.694. The van der Waals surface area contributed by atoms with Gasteiger partial charge in [-0.1, -0.05) is 6.07 Å². The van der Waals surface area contributed by atoms with E-state index in [4.69, 9.17) is 4.74 Å². The van der Waals surface area contributed by atoms with Crippen LogP contribution in [0.2, 0.25) is 0 Å². The number of sulfonamides is 1. The quantitative estimate of drug-likeness (QED) is 0.733. The number of thiophene rings is 1. The largest absolute Gasteiger partial charge is 0.491 e. The molecule has 0 radical (unpaired) electrons. The molecule has 1 saturated carbocycles. The first-order chi connectivity index (χ1) is 11.9. The second kappa shape index (κ2) is 7.03. The van der Waals surface area contributed by atoms with Crippen molar-refractivity contribution in [3.05, 3.63) is 46.4 Å². The Kier molecular flexibility index (Phi) is 5.15. The molecular formula is C17H20FNO4S2. The van der Waals surface area contributed by atoms with Crippen molar-refractivity contribution in [2.75, 3.05) is 13.2 Å². The number of halogens is 1. The second-order valence-corrected chi connectivity index (χ2v) is 8.74. The van der Waals surface area contributed by atoms with Gasteiger partial charge in [0.15, 0.2) is 11.6 Å². The number of nitrogens with one attached hydrogen (secondary N) is 1. The molecule has 5 nitrogen and oxygen atoms in total. The van der Waals surface area contributed by atoms with Gasteiger partial charge in [-0.05, 0) is 55.3 Å². The lowest BCUT2D eigenvalue weighted by Crippen LogP contribution is -2.41. The summed E-state index contributed by atoms with van der Waals surface area (Å²) < 4.78 is 46.4. The van der Waals surface area contributed by atoms with E-state index in [2.05, 4.69) is 4.72 Å². The van der Waals surface area contributed by atoms with E-state index in [0.717, 1.165) is 23.8 Å². The third kappa shape index (κ3) is 3.87. The molecule has 1 heterocycles. The lowest BCUT2D eigenvalue weighted by atomic mass is 9.96. The van der Waals surface area contributed by atoms with Gasteiger partial charge in [-0.15, -0.1) is 11.3 Å². The van der Waals surface area contributed by atoms with E-state index in [0.29, 0.717) is 0 Å². The first kappa shape index (κ1) is 18.3. The van der Waals surface area contributed by atoms with Gasteiger partial charge < -0.3 is 9.84 Å². The van der Waals surface area contributed by atoms with E-state index in [-0.39, 0.29) is 29.7 Å². The molecule has 0 spiro atoms. The molecule has 0 bridgehead atoms. The maximum Gasteiger partial charge on any atom is 0.240 e. The second-order valence-electron chi connectivity index (χ2n) is 6.03. The van der Waals surface area contributed by atoms with Crippen molar-refractivity contribution in [1.82, 2.24) is 4.72 Å². The minimum Gasteiger partial charge on any atom is -0.491 e. The SMILES string of the molecule is CCOc1ccc(S(=O)(=O)NCC(O)(c2cccs2)C2CC2)cc1F. The van der Waals surface area contributed by atoms with Gasteiger partial charge in [-0.3, -0.25) is 0 Å². The lowest BCUT2D eigenvalue weighted by molar-refractivity contribution is 0.0222. The van der Waals surface area contributed by atoms with Crippen LogP contribution in [0.5, 0.6) is 5.75 Å². The van der Waals surface area contributed by atoms with E-state index in [1.165, 1.54) is 23.5 Å². The fourth-order valence-electron chi connectivity index (χ4n) is 2.73. The minimum atomic E-state index is -3.95. The molecule has 1 aromatic heterocycles. The molecule has 3 rings (SSSR count). The molecular weight excluding hydrogens is 365 g/mol. The average molecular weight is 385 g/mol. The van der Waals surface area contributed by atoms with Crippen molar-refractivity contribution in [3.63, 3.8) is 0 Å². The van der Waals surface area contributed by atoms with Crippen LogP contribution in [-0.2, 0) is 15.6 Å². The van der Waals surface area contributed by atoms with Crippen LogP contribution in [0.15, 0.2) is 40.6 Å². The van der Waals surface area contributed by atoms with Gasteiger partial charge in [0, 0.05) is 11.4 Å². The highest BCUT2D eigenvalue weighted by atomic mass is 32.2. The predicted octanol–water partition coefficient (Wildman–Crippen LogP) is 2.86. The molecule has 1 aliphatic carbocycles. The highest BCUT2D eigenvalue weighted by Crippen LogP contribution is 2.46. The Balaban J connectivity index is 1.78. The van der Waals surface area contributed by atoms with E-state index in [1.54, 1.807) is 13.0 Å². The van der Waals surface area contributed by atoms with Crippen molar-refractivity contribution in [3.8, 4) is 5.75 Å². The maximum absolute atomic E-state index is 13.9. The average Bonchev–Trinajstić information content (AvgIpc) is 3.29. The first-order valence-corrected chi connectivity index (χ1v) is 10.4. The molecule has 25 heavy (non-hydrogen) atoms. The van der Waals surface area contributed by atoms with Gasteiger partial charge in [0.1, 0.15) is 5.60 Å². The van der Waals surface area contributed by atoms with Gasteiger partial charge >= 0.3 is 0 Å². The van der Waals surface area contributed by atoms with Crippen molar-refractivity contribution < 1.29 is 22.7 Å². The summed E-state index contributed by atoms with van der Waals surface area (Å²) in [6.07, 6.45) is 1.71. The summed E-state index contributed by atoms with van der Waals surface area (Å²) >= 11 is 1.39. The minimum absolute atomic E-state index is 0.00882. The van der Waals surface area contributed by atoms with Crippen molar-refractivity contribution in [1.29, 1.82) is 0 Å². The van der Waals surface area contributed by atoms with E-state index in [1.807, 2.05) is 11.4 Å². The van der Waals surface area contributed by atoms with Crippen LogP contribution in [0.4, 0.5) is 4.39 Å². The molecule has 2 aromatic rings. The lowest BCUT2D eigenvalue weighted by Gasteiger charge is -2.27. The molecule has 0 amide bonds. The summed E-state index contributed by atoms with van der Waals surface area (Å²) in [5.41, 5.74) is -1.23. The van der Waals surface area contributed by atoms with Gasteiger partial charge in [0.2, 0.25) is 10.0 Å². The van der Waals surface area contributed by atoms with Crippen LogP contribution in [-0.4, -0.2) is 26.7 Å². The molecule has 2 N–H and O–H groups in total. The fraction of sp³-hybridized carbons (Fsp3) is 0.412. The normalized spacial score (nSPS) is 17.2. The zero-order valence-electron chi connectivity index (χ0n) is 13.7. The molecule has 1 aromatic carbocycles. The number of hydrogen-bond acceptors (Lipinski definition) is 5. The molecule has 8 heteroatoms. The Labute approximate surface area is 150 Å². The zero-order chi connectivity index (χ0) is 18.1. The van der Waals surface area contributed by atoms with Gasteiger partial charge in [0.05, 0.1) is 11.5 Å². The smallest absolute Gasteiger partial charge is 0.240 e. The van der Waals surface area contributed by atoms with Gasteiger partial charge in [-0.2, -0.15) is 0 Å². The van der Waals surface area contributed by atoms with Crippen LogP contribution in [0.25, 0.3) is 0 Å². The van der Waals surface area contributed by atoms with Crippen molar-refractivity contribution in [2.45, 2.75) is 30.3 Å². The number of ether oxygens (including phenoxy) is 1. The number of rotatable bonds is 8. The summed E-state index contributed by atoms with van der Waals surface area (Å²) in [6.45, 7) is 1.86. The third-order valence-corrected chi connectivity index (χ3v) is 6.68. The molecule has 0 aliphatic heterocycles. The Morgan fingerprint density at radius 2 is 2.16 bits per heavy atom. The number of hydrogen-bond donors (Lipinski definition) is 2. The number of aliphatic hydroxyl groups is 1. The fourth-order valence-corrected chi connectivity index (χ4v) is 4.71. The monoisotopic (exact) mass is 385 g/mol. The van der Waals surface area contributed by atoms with Crippen LogP contribution in [0.1, 0.15) is 24.6 Å². The van der Waals surface area contributed by atoms with E-state index in [9.17, 15) is 17.9 Å². The Bertz CT molecular complexity index is 834. The molecule has 136 valence electrons. The topological polar surface area (TPSA) is 75.6 Å². The Hall–Kier alpha value is -1.48. The van der Waals surface area contributed by atoms with Crippen molar-refractivity contribution >= 4 is 21.4 Å². The molecule has 1 aliphatic rings. The van der Waals surface area contributed by atoms with Gasteiger partial charge in [-0.25, -0.2) is 17.5 Å². The highest BCUT2D eigenvalue weighted by Gasteiger charge is 2.46. The first-order valence-electron chi connectivity index (χ1n) is 8.05. The Morgan fingerprint density at radius 3 is 2.72 bits per heavy atom. The van der Waals surface area contributed by atoms with Crippen molar-refractivity contribution in [2.24, 2.45) is 5.92 Å². The standard InChI is InChI=1S/C17H20FNO4S2/c1-2-23-15-8-7-13(10-14(15)18)25(21,22)19-11-17(20,12-5-6-12)16-4-3-9-24-16/h3-4,7-10,12,19-20H,2,5-6,11H2,1H3. The zero-order valence-corrected chi connectivity index (χ0v) is 15.4. The summed E-state index contributed by atoms with van der Waals surface area (Å²) in [5, 5.41) is 12.8. The molecule has 1 unspecified atom stereocenters. The van der Waals surface area contributed by atoms with Crippen LogP contribution in [0, 0.1) is 11.7 Å². The number of benzene rings is 1. The highest BCUT2D eigenvalue weighted by molar-refractivity contribution is 7.89. The summed E-state index contributed by atoms with van der Waals surface area (Å²) in [4.78, 5) is 0.536. The predicted molar refractivity (Wildman–Crippen MR) is 93.7 cm³/mol. The van der Waals surface area contributed by atoms with Crippen LogP contribution >= 0.6 is 11.3 Å². The molecule has 1 atom stereocenters. The Morgan fingerprint density at radius 1 is 1.40 bits per heavy atom. The van der Waals surface area contributed by atoms with E-state index >= 15 is 0 Å². The van der Waals surface area contributed by atoms with Crippen LogP contribution in [0.3, 0.4) is 0 Å². The molecule has 0 saturated heterocycles. The third-order valence-electron chi connectivity index (χ3n) is 4.25. The summed E-state index contributed by atoms with van der Waals surface area (Å²) in [7, 11) is -3.95.